The van der Waals surface area contributed by atoms with Crippen LogP contribution in [-0.4, -0.2) is 19.0 Å². The minimum atomic E-state index is -4.14. The van der Waals surface area contributed by atoms with Crippen molar-refractivity contribution in [3.8, 4) is 5.75 Å². The minimum Gasteiger partial charge on any atom is -0.486 e. The summed E-state index contributed by atoms with van der Waals surface area (Å²) in [5.74, 6) is -4.01. The monoisotopic (exact) mass is 300 g/mol. The van der Waals surface area contributed by atoms with E-state index in [1.165, 1.54) is 6.07 Å². The summed E-state index contributed by atoms with van der Waals surface area (Å²) in [5.41, 5.74) is 0.776. The van der Waals surface area contributed by atoms with E-state index >= 15 is 0 Å². The molecule has 0 aliphatic carbocycles. The largest absolute Gasteiger partial charge is 0.486 e. The van der Waals surface area contributed by atoms with Gasteiger partial charge in [0, 0.05) is 0 Å². The fraction of sp³-hybridized carbons (Fsp3) is 0.400. The molecule has 0 N–H and O–H groups in total. The highest BCUT2D eigenvalue weighted by Crippen LogP contribution is 2.30. The summed E-state index contributed by atoms with van der Waals surface area (Å²) in [6, 6.07) is 4.76. The molecule has 1 rings (SSSR count). The van der Waals surface area contributed by atoms with E-state index in [2.05, 4.69) is 20.7 Å². The number of hydrogen-bond acceptors (Lipinski definition) is 1. The number of rotatable bonds is 4. The Morgan fingerprint density at radius 3 is 2.56 bits per heavy atom. The molecule has 0 unspecified atom stereocenters. The zero-order valence-corrected chi connectivity index (χ0v) is 9.90. The highest BCUT2D eigenvalue weighted by Gasteiger charge is 2.41. The van der Waals surface area contributed by atoms with Gasteiger partial charge in [-0.15, -0.1) is 0 Å². The molecular formula is C10H9BrF4O. The van der Waals surface area contributed by atoms with Gasteiger partial charge in [0.05, 0.1) is 4.47 Å². The van der Waals surface area contributed by atoms with Crippen LogP contribution in [0.4, 0.5) is 17.6 Å². The molecule has 1 aromatic rings. The van der Waals surface area contributed by atoms with Crippen LogP contribution in [0.1, 0.15) is 5.56 Å². The summed E-state index contributed by atoms with van der Waals surface area (Å²) < 4.78 is 54.0. The van der Waals surface area contributed by atoms with Crippen LogP contribution in [-0.2, 0) is 0 Å². The van der Waals surface area contributed by atoms with Gasteiger partial charge in [-0.3, -0.25) is 0 Å². The second-order valence-electron chi connectivity index (χ2n) is 3.24. The quantitative estimate of drug-likeness (QED) is 0.763. The third-order valence-corrected chi connectivity index (χ3v) is 2.91. The molecule has 0 saturated heterocycles. The molecule has 0 aromatic heterocycles. The lowest BCUT2D eigenvalue weighted by atomic mass is 10.2. The Hall–Kier alpha value is -0.780. The average molecular weight is 301 g/mol. The summed E-state index contributed by atoms with van der Waals surface area (Å²) in [5, 5.41) is 0. The number of ether oxygens (including phenoxy) is 1. The summed E-state index contributed by atoms with van der Waals surface area (Å²) >= 11 is 3.13. The van der Waals surface area contributed by atoms with Gasteiger partial charge in [-0.2, -0.15) is 8.78 Å². The second kappa shape index (κ2) is 5.03. The molecule has 0 spiro atoms. The number of benzene rings is 1. The molecular weight excluding hydrogens is 292 g/mol. The summed E-state index contributed by atoms with van der Waals surface area (Å²) in [7, 11) is 0. The van der Waals surface area contributed by atoms with Crippen molar-refractivity contribution < 1.29 is 22.3 Å². The van der Waals surface area contributed by atoms with Crippen LogP contribution in [0.5, 0.6) is 5.75 Å². The van der Waals surface area contributed by atoms with Crippen LogP contribution >= 0.6 is 15.9 Å². The van der Waals surface area contributed by atoms with Crippen molar-refractivity contribution in [3.05, 3.63) is 28.2 Å². The first-order valence-corrected chi connectivity index (χ1v) is 5.18. The van der Waals surface area contributed by atoms with Gasteiger partial charge < -0.3 is 4.74 Å². The lowest BCUT2D eigenvalue weighted by Crippen LogP contribution is -2.33. The van der Waals surface area contributed by atoms with Gasteiger partial charge in [0.1, 0.15) is 5.75 Å². The van der Waals surface area contributed by atoms with Crippen molar-refractivity contribution in [1.82, 2.24) is 0 Å². The molecule has 6 heteroatoms. The molecule has 0 amide bonds. The first-order valence-electron chi connectivity index (χ1n) is 4.38. The zero-order chi connectivity index (χ0) is 12.3. The standard InChI is InChI=1S/C10H9BrF4O/c1-6-3-2-4-7(8(6)11)16-5-10(14,15)9(12)13/h2-4,9H,5H2,1H3. The minimum absolute atomic E-state index is 0.125. The predicted molar refractivity (Wildman–Crippen MR) is 55.3 cm³/mol. The maximum atomic E-state index is 12.6. The molecule has 0 aliphatic rings. The van der Waals surface area contributed by atoms with Gasteiger partial charge in [-0.05, 0) is 34.5 Å². The number of halogens is 5. The molecule has 16 heavy (non-hydrogen) atoms. The Bertz CT molecular complexity index is 368. The molecule has 0 fully saturated rings. The lowest BCUT2D eigenvalue weighted by molar-refractivity contribution is -0.148. The number of aryl methyl sites for hydroxylation is 1. The van der Waals surface area contributed by atoms with Crippen LogP contribution in [0.2, 0.25) is 0 Å². The molecule has 0 bridgehead atoms. The highest BCUT2D eigenvalue weighted by atomic mass is 79.9. The second-order valence-corrected chi connectivity index (χ2v) is 4.03. The van der Waals surface area contributed by atoms with Gasteiger partial charge in [0.2, 0.25) is 0 Å². The fourth-order valence-corrected chi connectivity index (χ4v) is 1.35. The smallest absolute Gasteiger partial charge is 0.340 e. The average Bonchev–Trinajstić information content (AvgIpc) is 2.20. The Morgan fingerprint density at radius 1 is 1.38 bits per heavy atom. The van der Waals surface area contributed by atoms with Gasteiger partial charge in [-0.25, -0.2) is 8.78 Å². The fourth-order valence-electron chi connectivity index (χ4n) is 0.969. The van der Waals surface area contributed by atoms with E-state index < -0.39 is 19.0 Å². The molecule has 0 saturated carbocycles. The predicted octanol–water partition coefficient (Wildman–Crippen LogP) is 4.04. The van der Waals surface area contributed by atoms with Gasteiger partial charge in [0.15, 0.2) is 6.61 Å². The van der Waals surface area contributed by atoms with E-state index in [4.69, 9.17) is 0 Å². The molecule has 1 nitrogen and oxygen atoms in total. The summed E-state index contributed by atoms with van der Waals surface area (Å²) in [6.45, 7) is 0.398. The Labute approximate surface area is 98.5 Å². The van der Waals surface area contributed by atoms with Gasteiger partial charge >= 0.3 is 12.3 Å². The Kier molecular flexibility index (Phi) is 4.18. The molecule has 0 radical (unpaired) electrons. The summed E-state index contributed by atoms with van der Waals surface area (Å²) in [6.07, 6.45) is -3.73. The summed E-state index contributed by atoms with van der Waals surface area (Å²) in [4.78, 5) is 0. The maximum absolute atomic E-state index is 12.6. The van der Waals surface area contributed by atoms with E-state index in [9.17, 15) is 17.6 Å². The molecule has 0 heterocycles. The molecule has 90 valence electrons. The van der Waals surface area contributed by atoms with Crippen molar-refractivity contribution in [2.45, 2.75) is 19.3 Å². The first kappa shape index (κ1) is 13.3. The molecule has 1 aromatic carbocycles. The van der Waals surface area contributed by atoms with E-state index in [0.717, 1.165) is 5.56 Å². The molecule has 0 aliphatic heterocycles. The van der Waals surface area contributed by atoms with Gasteiger partial charge in [0.25, 0.3) is 0 Å². The zero-order valence-electron chi connectivity index (χ0n) is 8.31. The Balaban J connectivity index is 2.72. The van der Waals surface area contributed by atoms with Crippen molar-refractivity contribution in [1.29, 1.82) is 0 Å². The number of hydrogen-bond donors (Lipinski definition) is 0. The Morgan fingerprint density at radius 2 is 2.00 bits per heavy atom. The molecule has 0 atom stereocenters. The van der Waals surface area contributed by atoms with E-state index in [1.807, 2.05) is 0 Å². The highest BCUT2D eigenvalue weighted by molar-refractivity contribution is 9.10. The van der Waals surface area contributed by atoms with Crippen LogP contribution in [0.15, 0.2) is 22.7 Å². The first-order chi connectivity index (χ1) is 7.34. The lowest BCUT2D eigenvalue weighted by Gasteiger charge is -2.17. The van der Waals surface area contributed by atoms with Crippen LogP contribution in [0, 0.1) is 6.92 Å². The van der Waals surface area contributed by atoms with Crippen LogP contribution < -0.4 is 4.74 Å². The van der Waals surface area contributed by atoms with E-state index in [-0.39, 0.29) is 5.75 Å². The van der Waals surface area contributed by atoms with E-state index in [1.54, 1.807) is 19.1 Å². The third kappa shape index (κ3) is 3.10. The SMILES string of the molecule is Cc1cccc(OCC(F)(F)C(F)F)c1Br. The van der Waals surface area contributed by atoms with Crippen LogP contribution in [0.3, 0.4) is 0 Å². The van der Waals surface area contributed by atoms with Crippen molar-refractivity contribution >= 4 is 15.9 Å². The normalized spacial score (nSPS) is 11.9. The van der Waals surface area contributed by atoms with Crippen LogP contribution in [0.25, 0.3) is 0 Å². The third-order valence-electron chi connectivity index (χ3n) is 1.90. The van der Waals surface area contributed by atoms with Crippen molar-refractivity contribution in [3.63, 3.8) is 0 Å². The maximum Gasteiger partial charge on any atom is 0.340 e. The van der Waals surface area contributed by atoms with E-state index in [0.29, 0.717) is 4.47 Å². The van der Waals surface area contributed by atoms with Crippen molar-refractivity contribution in [2.75, 3.05) is 6.61 Å². The van der Waals surface area contributed by atoms with Crippen molar-refractivity contribution in [2.24, 2.45) is 0 Å². The van der Waals surface area contributed by atoms with Gasteiger partial charge in [-0.1, -0.05) is 12.1 Å². The topological polar surface area (TPSA) is 9.23 Å². The number of alkyl halides is 4.